The maximum atomic E-state index is 2.51. The predicted molar refractivity (Wildman–Crippen MR) is 66.8 cm³/mol. The second-order valence-corrected chi connectivity index (χ2v) is 7.44. The molecule has 88 valence electrons. The van der Waals surface area contributed by atoms with Gasteiger partial charge in [-0.2, -0.15) is 0 Å². The smallest absolute Gasteiger partial charge is 0.0314 e. The van der Waals surface area contributed by atoms with E-state index in [0.717, 1.165) is 17.8 Å². The Labute approximate surface area is 95.8 Å². The Bertz CT molecular complexity index is 214. The van der Waals surface area contributed by atoms with Crippen LogP contribution in [0.2, 0.25) is 0 Å². The van der Waals surface area contributed by atoms with Crippen molar-refractivity contribution >= 4 is 0 Å². The first kappa shape index (κ1) is 11.5. The van der Waals surface area contributed by atoms with E-state index >= 15 is 0 Å². The van der Waals surface area contributed by atoms with Crippen molar-refractivity contribution in [3.63, 3.8) is 0 Å². The quantitative estimate of drug-likeness (QED) is 0.606. The van der Waals surface area contributed by atoms with Gasteiger partial charge in [-0.3, -0.25) is 0 Å². The molecule has 0 aliphatic heterocycles. The van der Waals surface area contributed by atoms with E-state index in [1.54, 1.807) is 0 Å². The molecule has 0 aromatic carbocycles. The number of hydrogen-bond acceptors (Lipinski definition) is 0. The first-order valence-corrected chi connectivity index (χ1v) is 6.87. The molecule has 2 aliphatic carbocycles. The molecule has 0 N–H and O–H groups in total. The molecular formula is C15H28. The Kier molecular flexibility index (Phi) is 2.68. The SMILES string of the molecule is CCC1C(C)(C)CC(C2CC2)CC1(C)C. The van der Waals surface area contributed by atoms with Crippen LogP contribution in [0.25, 0.3) is 0 Å². The van der Waals surface area contributed by atoms with E-state index in [1.165, 1.54) is 32.1 Å². The summed E-state index contributed by atoms with van der Waals surface area (Å²) in [4.78, 5) is 0. The summed E-state index contributed by atoms with van der Waals surface area (Å²) in [6.07, 6.45) is 7.37. The zero-order valence-corrected chi connectivity index (χ0v) is 11.3. The van der Waals surface area contributed by atoms with Crippen LogP contribution in [0.3, 0.4) is 0 Å². The summed E-state index contributed by atoms with van der Waals surface area (Å²) in [7, 11) is 0. The first-order chi connectivity index (χ1) is 6.87. The van der Waals surface area contributed by atoms with Crippen LogP contribution in [0.4, 0.5) is 0 Å². The first-order valence-electron chi connectivity index (χ1n) is 6.87. The Hall–Kier alpha value is 0. The molecule has 0 bridgehead atoms. The van der Waals surface area contributed by atoms with E-state index in [0.29, 0.717) is 10.8 Å². The Morgan fingerprint density at radius 3 is 1.67 bits per heavy atom. The van der Waals surface area contributed by atoms with Crippen molar-refractivity contribution < 1.29 is 0 Å². The molecule has 0 unspecified atom stereocenters. The van der Waals surface area contributed by atoms with Gasteiger partial charge in [0.2, 0.25) is 0 Å². The van der Waals surface area contributed by atoms with Crippen LogP contribution < -0.4 is 0 Å². The minimum Gasteiger partial charge on any atom is -0.0651 e. The van der Waals surface area contributed by atoms with Gasteiger partial charge in [0, 0.05) is 0 Å². The van der Waals surface area contributed by atoms with Crippen molar-refractivity contribution in [2.24, 2.45) is 28.6 Å². The molecule has 0 aromatic heterocycles. The highest BCUT2D eigenvalue weighted by molar-refractivity contribution is 4.99. The number of rotatable bonds is 2. The highest BCUT2D eigenvalue weighted by Crippen LogP contribution is 2.58. The maximum Gasteiger partial charge on any atom is -0.0314 e. The van der Waals surface area contributed by atoms with Gasteiger partial charge in [0.05, 0.1) is 0 Å². The lowest BCUT2D eigenvalue weighted by Crippen LogP contribution is -2.44. The molecule has 2 fully saturated rings. The molecule has 2 aliphatic rings. The molecule has 0 saturated heterocycles. The van der Waals surface area contributed by atoms with E-state index in [1.807, 2.05) is 0 Å². The summed E-state index contributed by atoms with van der Waals surface area (Å²) in [5.74, 6) is 3.05. The van der Waals surface area contributed by atoms with Gasteiger partial charge in [0.25, 0.3) is 0 Å². The molecule has 2 rings (SSSR count). The van der Waals surface area contributed by atoms with Crippen molar-refractivity contribution in [1.82, 2.24) is 0 Å². The normalized spacial score (nSPS) is 39.0. The third kappa shape index (κ3) is 2.10. The van der Waals surface area contributed by atoms with Gasteiger partial charge in [-0.15, -0.1) is 0 Å². The van der Waals surface area contributed by atoms with Gasteiger partial charge in [0.1, 0.15) is 0 Å². The van der Waals surface area contributed by atoms with Crippen LogP contribution in [0.1, 0.15) is 66.7 Å². The molecule has 15 heavy (non-hydrogen) atoms. The van der Waals surface area contributed by atoms with E-state index in [9.17, 15) is 0 Å². The van der Waals surface area contributed by atoms with Crippen molar-refractivity contribution in [2.75, 3.05) is 0 Å². The van der Waals surface area contributed by atoms with Crippen molar-refractivity contribution in [3.8, 4) is 0 Å². The van der Waals surface area contributed by atoms with E-state index in [2.05, 4.69) is 34.6 Å². The third-order valence-corrected chi connectivity index (χ3v) is 5.16. The summed E-state index contributed by atoms with van der Waals surface area (Å²) in [6, 6.07) is 0. The van der Waals surface area contributed by atoms with Crippen LogP contribution in [-0.4, -0.2) is 0 Å². The average molecular weight is 208 g/mol. The van der Waals surface area contributed by atoms with E-state index < -0.39 is 0 Å². The molecule has 0 heterocycles. The summed E-state index contributed by atoms with van der Waals surface area (Å²) >= 11 is 0. The summed E-state index contributed by atoms with van der Waals surface area (Å²) in [5.41, 5.74) is 1.15. The second-order valence-electron chi connectivity index (χ2n) is 7.44. The van der Waals surface area contributed by atoms with Gasteiger partial charge in [-0.1, -0.05) is 41.0 Å². The lowest BCUT2D eigenvalue weighted by molar-refractivity contribution is -0.0267. The maximum absolute atomic E-state index is 2.51. The minimum atomic E-state index is 0.573. The van der Waals surface area contributed by atoms with Crippen LogP contribution in [0.5, 0.6) is 0 Å². The van der Waals surface area contributed by atoms with Crippen LogP contribution >= 0.6 is 0 Å². The molecule has 0 nitrogen and oxygen atoms in total. The highest BCUT2D eigenvalue weighted by Gasteiger charge is 2.49. The van der Waals surface area contributed by atoms with Crippen LogP contribution in [-0.2, 0) is 0 Å². The second kappa shape index (κ2) is 3.50. The van der Waals surface area contributed by atoms with E-state index in [-0.39, 0.29) is 0 Å². The van der Waals surface area contributed by atoms with Gasteiger partial charge in [-0.05, 0) is 54.3 Å². The fourth-order valence-electron chi connectivity index (χ4n) is 4.77. The molecule has 2 saturated carbocycles. The van der Waals surface area contributed by atoms with Crippen molar-refractivity contribution in [2.45, 2.75) is 66.7 Å². The van der Waals surface area contributed by atoms with Crippen molar-refractivity contribution in [1.29, 1.82) is 0 Å². The van der Waals surface area contributed by atoms with Gasteiger partial charge in [-0.25, -0.2) is 0 Å². The fraction of sp³-hybridized carbons (Fsp3) is 1.00. The molecular weight excluding hydrogens is 180 g/mol. The average Bonchev–Trinajstić information content (AvgIpc) is 2.81. The summed E-state index contributed by atoms with van der Waals surface area (Å²) in [5, 5.41) is 0. The molecule has 0 radical (unpaired) electrons. The largest absolute Gasteiger partial charge is 0.0651 e. The lowest BCUT2D eigenvalue weighted by Gasteiger charge is -2.52. The lowest BCUT2D eigenvalue weighted by atomic mass is 9.53. The monoisotopic (exact) mass is 208 g/mol. The minimum absolute atomic E-state index is 0.573. The summed E-state index contributed by atoms with van der Waals surface area (Å²) in [6.45, 7) is 12.4. The van der Waals surface area contributed by atoms with Crippen LogP contribution in [0.15, 0.2) is 0 Å². The van der Waals surface area contributed by atoms with Gasteiger partial charge < -0.3 is 0 Å². The summed E-state index contributed by atoms with van der Waals surface area (Å²) < 4.78 is 0. The van der Waals surface area contributed by atoms with Crippen molar-refractivity contribution in [3.05, 3.63) is 0 Å². The Morgan fingerprint density at radius 1 is 0.867 bits per heavy atom. The standard InChI is InChI=1S/C15H28/c1-6-13-14(2,3)9-12(11-7-8-11)10-15(13,4)5/h11-13H,6-10H2,1-5H3. The fourth-order valence-corrected chi connectivity index (χ4v) is 4.77. The molecule has 0 amide bonds. The molecule has 0 heteroatoms. The number of hydrogen-bond donors (Lipinski definition) is 0. The Morgan fingerprint density at radius 2 is 1.33 bits per heavy atom. The van der Waals surface area contributed by atoms with E-state index in [4.69, 9.17) is 0 Å². The predicted octanol–water partition coefficient (Wildman–Crippen LogP) is 4.89. The molecule has 0 spiro atoms. The molecule has 0 aromatic rings. The zero-order valence-electron chi connectivity index (χ0n) is 11.3. The Balaban J connectivity index is 2.16. The zero-order chi connectivity index (χ0) is 11.3. The molecule has 0 atom stereocenters. The van der Waals surface area contributed by atoms with Gasteiger partial charge >= 0.3 is 0 Å². The van der Waals surface area contributed by atoms with Crippen LogP contribution in [0, 0.1) is 28.6 Å². The third-order valence-electron chi connectivity index (χ3n) is 5.16. The van der Waals surface area contributed by atoms with Gasteiger partial charge in [0.15, 0.2) is 0 Å². The topological polar surface area (TPSA) is 0 Å². The highest BCUT2D eigenvalue weighted by atomic mass is 14.5.